The van der Waals surface area contributed by atoms with Gasteiger partial charge in [0.2, 0.25) is 5.88 Å². The zero-order valence-corrected chi connectivity index (χ0v) is 10.7. The lowest BCUT2D eigenvalue weighted by molar-refractivity contribution is 0.102. The maximum absolute atomic E-state index is 12.0. The first-order chi connectivity index (χ1) is 9.08. The number of pyridine rings is 2. The summed E-state index contributed by atoms with van der Waals surface area (Å²) in [6, 6.07) is 6.57. The highest BCUT2D eigenvalue weighted by atomic mass is 16.5. The van der Waals surface area contributed by atoms with Crippen LogP contribution >= 0.6 is 0 Å². The van der Waals surface area contributed by atoms with Crippen LogP contribution in [0.1, 0.15) is 16.1 Å². The lowest BCUT2D eigenvalue weighted by atomic mass is 10.2. The molecule has 0 radical (unpaired) electrons. The molecule has 0 aromatic carbocycles. The Bertz CT molecular complexity index is 576. The molecule has 0 aliphatic heterocycles. The van der Waals surface area contributed by atoms with Crippen LogP contribution in [0.25, 0.3) is 0 Å². The number of nitrogen functional groups attached to an aromatic ring is 1. The molecule has 0 aliphatic carbocycles. The van der Waals surface area contributed by atoms with Crippen molar-refractivity contribution in [3.63, 3.8) is 0 Å². The molecule has 19 heavy (non-hydrogen) atoms. The second-order valence-corrected chi connectivity index (χ2v) is 3.97. The topological polar surface area (TPSA) is 90.1 Å². The molecule has 3 N–H and O–H groups in total. The Morgan fingerprint density at radius 1 is 1.37 bits per heavy atom. The zero-order valence-electron chi connectivity index (χ0n) is 10.7. The van der Waals surface area contributed by atoms with Gasteiger partial charge in [-0.05, 0) is 25.1 Å². The number of hydrogen-bond donors (Lipinski definition) is 2. The van der Waals surface area contributed by atoms with Crippen molar-refractivity contribution in [2.45, 2.75) is 6.92 Å². The third-order valence-corrected chi connectivity index (χ3v) is 2.44. The first kappa shape index (κ1) is 12.8. The molecule has 0 spiro atoms. The number of rotatable bonds is 3. The zero-order chi connectivity index (χ0) is 13.8. The average molecular weight is 258 g/mol. The minimum Gasteiger partial charge on any atom is -0.481 e. The molecule has 0 atom stereocenters. The average Bonchev–Trinajstić information content (AvgIpc) is 2.38. The fourth-order valence-electron chi connectivity index (χ4n) is 1.60. The van der Waals surface area contributed by atoms with E-state index in [1.54, 1.807) is 25.1 Å². The molecule has 2 aromatic rings. The van der Waals surface area contributed by atoms with Crippen molar-refractivity contribution in [2.24, 2.45) is 0 Å². The van der Waals surface area contributed by atoms with Crippen LogP contribution in [0, 0.1) is 6.92 Å². The van der Waals surface area contributed by atoms with Gasteiger partial charge in [0.25, 0.3) is 5.91 Å². The summed E-state index contributed by atoms with van der Waals surface area (Å²) in [7, 11) is 1.53. The summed E-state index contributed by atoms with van der Waals surface area (Å²) in [4.78, 5) is 20.0. The fraction of sp³-hybridized carbons (Fsp3) is 0.154. The van der Waals surface area contributed by atoms with Crippen LogP contribution in [0.4, 0.5) is 11.5 Å². The molecule has 0 aliphatic rings. The molecule has 1 amide bonds. The number of amides is 1. The van der Waals surface area contributed by atoms with Gasteiger partial charge in [-0.1, -0.05) is 0 Å². The van der Waals surface area contributed by atoms with Crippen molar-refractivity contribution < 1.29 is 9.53 Å². The van der Waals surface area contributed by atoms with E-state index < -0.39 is 0 Å². The maximum Gasteiger partial charge on any atom is 0.255 e. The van der Waals surface area contributed by atoms with Gasteiger partial charge in [0, 0.05) is 17.3 Å². The van der Waals surface area contributed by atoms with E-state index in [1.807, 2.05) is 0 Å². The highest BCUT2D eigenvalue weighted by Gasteiger charge is 2.08. The molecule has 0 bridgehead atoms. The first-order valence-electron chi connectivity index (χ1n) is 5.64. The number of carbonyl (C=O) groups is 1. The predicted octanol–water partition coefficient (Wildman–Crippen LogP) is 1.63. The number of methoxy groups -OCH3 is 1. The summed E-state index contributed by atoms with van der Waals surface area (Å²) in [5.41, 5.74) is 7.34. The van der Waals surface area contributed by atoms with E-state index in [4.69, 9.17) is 10.5 Å². The third kappa shape index (κ3) is 3.19. The van der Waals surface area contributed by atoms with Gasteiger partial charge in [-0.25, -0.2) is 9.97 Å². The molecule has 6 heteroatoms. The van der Waals surface area contributed by atoms with Gasteiger partial charge in [0.1, 0.15) is 5.82 Å². The minimum absolute atomic E-state index is 0.260. The number of aromatic nitrogens is 2. The number of aryl methyl sites for hydroxylation is 1. The van der Waals surface area contributed by atoms with Crippen molar-refractivity contribution in [3.05, 3.63) is 41.7 Å². The summed E-state index contributed by atoms with van der Waals surface area (Å²) in [6.45, 7) is 1.78. The lowest BCUT2D eigenvalue weighted by Crippen LogP contribution is -2.13. The summed E-state index contributed by atoms with van der Waals surface area (Å²) in [6.07, 6.45) is 1.52. The van der Waals surface area contributed by atoms with Crippen molar-refractivity contribution in [3.8, 4) is 5.88 Å². The van der Waals surface area contributed by atoms with E-state index in [-0.39, 0.29) is 5.91 Å². The van der Waals surface area contributed by atoms with Crippen LogP contribution in [0.5, 0.6) is 5.88 Å². The fourth-order valence-corrected chi connectivity index (χ4v) is 1.60. The Labute approximate surface area is 110 Å². The number of nitrogens with one attached hydrogen (secondary N) is 1. The summed E-state index contributed by atoms with van der Waals surface area (Å²) < 4.78 is 4.94. The van der Waals surface area contributed by atoms with Crippen LogP contribution in [0.2, 0.25) is 0 Å². The number of nitrogens with two attached hydrogens (primary N) is 1. The highest BCUT2D eigenvalue weighted by Crippen LogP contribution is 2.13. The Morgan fingerprint density at radius 3 is 2.74 bits per heavy atom. The molecular formula is C13H14N4O2. The van der Waals surface area contributed by atoms with Crippen LogP contribution in [-0.4, -0.2) is 23.0 Å². The van der Waals surface area contributed by atoms with Crippen LogP contribution in [-0.2, 0) is 0 Å². The summed E-state index contributed by atoms with van der Waals surface area (Å²) in [5.74, 6) is 0.546. The Hall–Kier alpha value is -2.63. The first-order valence-corrected chi connectivity index (χ1v) is 5.64. The number of carbonyl (C=O) groups excluding carboxylic acids is 1. The summed E-state index contributed by atoms with van der Waals surface area (Å²) >= 11 is 0. The van der Waals surface area contributed by atoms with Crippen molar-refractivity contribution in [1.82, 2.24) is 9.97 Å². The molecule has 0 saturated heterocycles. The molecule has 0 saturated carbocycles. The van der Waals surface area contributed by atoms with Gasteiger partial charge in [0.15, 0.2) is 0 Å². The van der Waals surface area contributed by atoms with Crippen LogP contribution in [0.3, 0.4) is 0 Å². The third-order valence-electron chi connectivity index (χ3n) is 2.44. The SMILES string of the molecule is COc1ccc(NC(=O)c2cc(C)nc(N)c2)cn1. The standard InChI is InChI=1S/C13H14N4O2/c1-8-5-9(6-11(14)16-8)13(18)17-10-3-4-12(19-2)15-7-10/h3-7H,1-2H3,(H2,14,16)(H,17,18). The van der Waals surface area contributed by atoms with E-state index in [0.717, 1.165) is 0 Å². The van der Waals surface area contributed by atoms with Gasteiger partial charge >= 0.3 is 0 Å². The number of nitrogens with zero attached hydrogens (tertiary/aromatic N) is 2. The van der Waals surface area contributed by atoms with E-state index >= 15 is 0 Å². The van der Waals surface area contributed by atoms with Gasteiger partial charge in [-0.3, -0.25) is 4.79 Å². The quantitative estimate of drug-likeness (QED) is 0.873. The van der Waals surface area contributed by atoms with Gasteiger partial charge < -0.3 is 15.8 Å². The van der Waals surface area contributed by atoms with Gasteiger partial charge in [0.05, 0.1) is 19.0 Å². The van der Waals surface area contributed by atoms with Gasteiger partial charge in [-0.2, -0.15) is 0 Å². The molecule has 6 nitrogen and oxygen atoms in total. The van der Waals surface area contributed by atoms with E-state index in [9.17, 15) is 4.79 Å². The monoisotopic (exact) mass is 258 g/mol. The van der Waals surface area contributed by atoms with Crippen molar-refractivity contribution >= 4 is 17.4 Å². The Morgan fingerprint density at radius 2 is 2.16 bits per heavy atom. The second kappa shape index (κ2) is 5.34. The largest absolute Gasteiger partial charge is 0.481 e. The van der Waals surface area contributed by atoms with Crippen LogP contribution < -0.4 is 15.8 Å². The molecule has 0 fully saturated rings. The second-order valence-electron chi connectivity index (χ2n) is 3.97. The number of ether oxygens (including phenoxy) is 1. The van der Waals surface area contributed by atoms with Crippen molar-refractivity contribution in [2.75, 3.05) is 18.2 Å². The molecule has 2 heterocycles. The van der Waals surface area contributed by atoms with Crippen LogP contribution in [0.15, 0.2) is 30.5 Å². The Balaban J connectivity index is 2.15. The molecule has 0 unspecified atom stereocenters. The van der Waals surface area contributed by atoms with Crippen molar-refractivity contribution in [1.29, 1.82) is 0 Å². The molecular weight excluding hydrogens is 244 g/mol. The maximum atomic E-state index is 12.0. The predicted molar refractivity (Wildman–Crippen MR) is 72.1 cm³/mol. The number of anilines is 2. The number of hydrogen-bond acceptors (Lipinski definition) is 5. The van der Waals surface area contributed by atoms with Gasteiger partial charge in [-0.15, -0.1) is 0 Å². The molecule has 2 aromatic heterocycles. The minimum atomic E-state index is -0.260. The molecule has 98 valence electrons. The normalized spacial score (nSPS) is 10.0. The summed E-state index contributed by atoms with van der Waals surface area (Å²) in [5, 5.41) is 2.72. The molecule has 2 rings (SSSR count). The van der Waals surface area contributed by atoms with E-state index in [1.165, 1.54) is 19.4 Å². The lowest BCUT2D eigenvalue weighted by Gasteiger charge is -2.07. The van der Waals surface area contributed by atoms with E-state index in [2.05, 4.69) is 15.3 Å². The van der Waals surface area contributed by atoms with E-state index in [0.29, 0.717) is 28.6 Å². The highest BCUT2D eigenvalue weighted by molar-refractivity contribution is 6.04. The smallest absolute Gasteiger partial charge is 0.255 e. The Kier molecular flexibility index (Phi) is 3.61.